The minimum atomic E-state index is -4.56. The van der Waals surface area contributed by atoms with Crippen molar-refractivity contribution in [1.82, 2.24) is 15.0 Å². The van der Waals surface area contributed by atoms with E-state index in [0.29, 0.717) is 5.01 Å². The van der Waals surface area contributed by atoms with Crippen molar-refractivity contribution in [3.05, 3.63) is 34.0 Å². The van der Waals surface area contributed by atoms with E-state index >= 15 is 0 Å². The predicted molar refractivity (Wildman–Crippen MR) is 68.1 cm³/mol. The Labute approximate surface area is 120 Å². The number of carbonyl (C=O) groups is 1. The van der Waals surface area contributed by atoms with E-state index in [1.807, 2.05) is 0 Å². The van der Waals surface area contributed by atoms with E-state index < -0.39 is 23.9 Å². The van der Waals surface area contributed by atoms with Gasteiger partial charge in [0.1, 0.15) is 10.7 Å². The van der Waals surface area contributed by atoms with Gasteiger partial charge in [-0.3, -0.25) is 0 Å². The maximum Gasteiger partial charge on any atom is 0.433 e. The average molecular weight is 318 g/mol. The Balaban J connectivity index is 2.15. The molecule has 0 aromatic carbocycles. The molecule has 0 saturated heterocycles. The van der Waals surface area contributed by atoms with Crippen LogP contribution in [0.5, 0.6) is 0 Å². The molecule has 0 aliphatic rings. The summed E-state index contributed by atoms with van der Waals surface area (Å²) in [6.45, 7) is 1.62. The number of hydrogen-bond acceptors (Lipinski definition) is 6. The molecule has 0 spiro atoms. The zero-order chi connectivity index (χ0) is 15.6. The molecule has 2 aromatic rings. The highest BCUT2D eigenvalue weighted by molar-refractivity contribution is 7.09. The lowest BCUT2D eigenvalue weighted by atomic mass is 10.3. The smallest absolute Gasteiger partial charge is 0.433 e. The largest absolute Gasteiger partial charge is 0.476 e. The van der Waals surface area contributed by atoms with E-state index in [9.17, 15) is 18.0 Å². The zero-order valence-electron chi connectivity index (χ0n) is 10.5. The first-order chi connectivity index (χ1) is 9.77. The Kier molecular flexibility index (Phi) is 4.07. The van der Waals surface area contributed by atoms with E-state index in [0.717, 1.165) is 23.6 Å². The second-order valence-electron chi connectivity index (χ2n) is 4.01. The molecule has 10 heteroatoms. The van der Waals surface area contributed by atoms with Gasteiger partial charge < -0.3 is 10.4 Å². The van der Waals surface area contributed by atoms with Crippen LogP contribution in [0.15, 0.2) is 17.6 Å². The Morgan fingerprint density at radius 3 is 2.71 bits per heavy atom. The second kappa shape index (κ2) is 5.64. The first-order valence-electron chi connectivity index (χ1n) is 5.63. The molecular weight excluding hydrogens is 309 g/mol. The summed E-state index contributed by atoms with van der Waals surface area (Å²) < 4.78 is 37.6. The van der Waals surface area contributed by atoms with Crippen molar-refractivity contribution in [2.75, 3.05) is 5.32 Å². The highest BCUT2D eigenvalue weighted by atomic mass is 32.1. The van der Waals surface area contributed by atoms with Gasteiger partial charge in [-0.2, -0.15) is 13.2 Å². The molecular formula is C11H9F3N4O2S. The summed E-state index contributed by atoms with van der Waals surface area (Å²) in [6, 6.07) is 0.244. The van der Waals surface area contributed by atoms with E-state index in [1.54, 1.807) is 6.92 Å². The van der Waals surface area contributed by atoms with Crippen LogP contribution in [0.25, 0.3) is 0 Å². The number of rotatable bonds is 4. The lowest BCUT2D eigenvalue weighted by Gasteiger charge is -2.12. The van der Waals surface area contributed by atoms with Gasteiger partial charge in [0, 0.05) is 11.6 Å². The number of carboxylic acid groups (broad SMARTS) is 1. The summed E-state index contributed by atoms with van der Waals surface area (Å²) in [4.78, 5) is 21.6. The zero-order valence-corrected chi connectivity index (χ0v) is 11.4. The van der Waals surface area contributed by atoms with E-state index in [2.05, 4.69) is 20.3 Å². The Hall–Kier alpha value is -2.23. The summed E-state index contributed by atoms with van der Waals surface area (Å²) in [5.41, 5.74) is -1.17. The number of anilines is 1. The van der Waals surface area contributed by atoms with Crippen LogP contribution in [0.4, 0.5) is 19.1 Å². The quantitative estimate of drug-likeness (QED) is 0.901. The van der Waals surface area contributed by atoms with Crippen LogP contribution in [0.1, 0.15) is 34.2 Å². The molecule has 0 aliphatic carbocycles. The number of hydrogen-bond donors (Lipinski definition) is 2. The Morgan fingerprint density at radius 2 is 2.14 bits per heavy atom. The fourth-order valence-electron chi connectivity index (χ4n) is 1.43. The molecule has 2 aromatic heterocycles. The van der Waals surface area contributed by atoms with Gasteiger partial charge in [-0.05, 0) is 13.0 Å². The average Bonchev–Trinajstić information content (AvgIpc) is 2.88. The Morgan fingerprint density at radius 1 is 1.43 bits per heavy atom. The second-order valence-corrected chi connectivity index (χ2v) is 4.90. The SMILES string of the molecule is CC(Nc1nccc(C(F)(F)F)n1)c1nc(C(=O)O)cs1. The number of carboxylic acids is 1. The highest BCUT2D eigenvalue weighted by Crippen LogP contribution is 2.28. The van der Waals surface area contributed by atoms with Gasteiger partial charge in [0.05, 0.1) is 6.04 Å². The van der Waals surface area contributed by atoms with Crippen LogP contribution in [0, 0.1) is 0 Å². The molecule has 112 valence electrons. The summed E-state index contributed by atoms with van der Waals surface area (Å²) in [5, 5.41) is 13.2. The third-order valence-corrected chi connectivity index (χ3v) is 3.43. The van der Waals surface area contributed by atoms with Crippen LogP contribution in [0.3, 0.4) is 0 Å². The van der Waals surface area contributed by atoms with Crippen molar-refractivity contribution in [2.24, 2.45) is 0 Å². The van der Waals surface area contributed by atoms with Crippen molar-refractivity contribution in [2.45, 2.75) is 19.1 Å². The first kappa shape index (κ1) is 15.2. The molecule has 0 radical (unpaired) electrons. The van der Waals surface area contributed by atoms with Gasteiger partial charge in [0.25, 0.3) is 0 Å². The molecule has 0 aliphatic heterocycles. The van der Waals surface area contributed by atoms with Crippen molar-refractivity contribution in [3.8, 4) is 0 Å². The molecule has 2 N–H and O–H groups in total. The number of alkyl halides is 3. The molecule has 1 unspecified atom stereocenters. The van der Waals surface area contributed by atoms with Gasteiger partial charge in [-0.1, -0.05) is 0 Å². The number of nitrogens with one attached hydrogen (secondary N) is 1. The van der Waals surface area contributed by atoms with Gasteiger partial charge in [-0.15, -0.1) is 11.3 Å². The third-order valence-electron chi connectivity index (χ3n) is 2.40. The first-order valence-corrected chi connectivity index (χ1v) is 6.51. The van der Waals surface area contributed by atoms with Crippen molar-refractivity contribution < 1.29 is 23.1 Å². The molecule has 0 bridgehead atoms. The summed E-state index contributed by atoms with van der Waals surface area (Å²) in [7, 11) is 0. The molecule has 0 fully saturated rings. The lowest BCUT2D eigenvalue weighted by molar-refractivity contribution is -0.141. The van der Waals surface area contributed by atoms with Crippen LogP contribution >= 0.6 is 11.3 Å². The number of thiazole rings is 1. The lowest BCUT2D eigenvalue weighted by Crippen LogP contribution is -2.14. The van der Waals surface area contributed by atoms with Crippen molar-refractivity contribution in [3.63, 3.8) is 0 Å². The maximum absolute atomic E-state index is 12.5. The molecule has 2 rings (SSSR count). The summed E-state index contributed by atoms with van der Waals surface area (Å²) >= 11 is 1.08. The normalized spacial score (nSPS) is 13.0. The van der Waals surface area contributed by atoms with Gasteiger partial charge in [0.15, 0.2) is 5.69 Å². The maximum atomic E-state index is 12.5. The molecule has 21 heavy (non-hydrogen) atoms. The fraction of sp³-hybridized carbons (Fsp3) is 0.273. The van der Waals surface area contributed by atoms with E-state index in [-0.39, 0.29) is 11.6 Å². The highest BCUT2D eigenvalue weighted by Gasteiger charge is 2.32. The van der Waals surface area contributed by atoms with Crippen LogP contribution in [-0.4, -0.2) is 26.0 Å². The Bertz CT molecular complexity index is 659. The van der Waals surface area contributed by atoms with Crippen molar-refractivity contribution in [1.29, 1.82) is 0 Å². The standard InChI is InChI=1S/C11H9F3N4O2S/c1-5(8-17-6(4-21-8)9(19)20)16-10-15-3-2-7(18-10)11(12,13)14/h2-5H,1H3,(H,19,20)(H,15,16,18). The van der Waals surface area contributed by atoms with E-state index in [4.69, 9.17) is 5.11 Å². The molecule has 0 saturated carbocycles. The van der Waals surface area contributed by atoms with E-state index in [1.165, 1.54) is 5.38 Å². The molecule has 2 heterocycles. The minimum absolute atomic E-state index is 0.117. The van der Waals surface area contributed by atoms with Crippen molar-refractivity contribution >= 4 is 23.3 Å². The number of nitrogens with zero attached hydrogens (tertiary/aromatic N) is 3. The molecule has 0 amide bonds. The number of aromatic carboxylic acids is 1. The minimum Gasteiger partial charge on any atom is -0.476 e. The topological polar surface area (TPSA) is 88.0 Å². The summed E-state index contributed by atoms with van der Waals surface area (Å²) in [5.74, 6) is -1.37. The summed E-state index contributed by atoms with van der Waals surface area (Å²) in [6.07, 6.45) is -3.56. The third kappa shape index (κ3) is 3.66. The fourth-order valence-corrected chi connectivity index (χ4v) is 2.23. The van der Waals surface area contributed by atoms with Gasteiger partial charge in [0.2, 0.25) is 5.95 Å². The van der Waals surface area contributed by atoms with Crippen LogP contribution < -0.4 is 5.32 Å². The molecule has 1 atom stereocenters. The number of halogens is 3. The van der Waals surface area contributed by atoms with Gasteiger partial charge in [-0.25, -0.2) is 19.7 Å². The van der Waals surface area contributed by atoms with Crippen LogP contribution in [0.2, 0.25) is 0 Å². The van der Waals surface area contributed by atoms with Crippen LogP contribution in [-0.2, 0) is 6.18 Å². The monoisotopic (exact) mass is 318 g/mol. The predicted octanol–water partition coefficient (Wildman–Crippen LogP) is 2.82. The van der Waals surface area contributed by atoms with Gasteiger partial charge >= 0.3 is 12.1 Å². The molecule has 6 nitrogen and oxygen atoms in total. The number of aromatic nitrogens is 3.